The molecule has 4 aliphatic heterocycles. The van der Waals surface area contributed by atoms with Crippen LogP contribution >= 0.6 is 0 Å². The summed E-state index contributed by atoms with van der Waals surface area (Å²) in [5.41, 5.74) is 3.45. The van der Waals surface area contributed by atoms with E-state index in [0.717, 1.165) is 48.1 Å². The number of aliphatic hydroxyl groups excluding tert-OH is 1. The first-order chi connectivity index (χ1) is 33.4. The van der Waals surface area contributed by atoms with Gasteiger partial charge >= 0.3 is 5.97 Å². The van der Waals surface area contributed by atoms with Gasteiger partial charge in [0.05, 0.1) is 34.9 Å². The lowest BCUT2D eigenvalue weighted by atomic mass is 9.95. The molecule has 4 aliphatic rings. The third-order valence-corrected chi connectivity index (χ3v) is 13.2. The number of nitrogens with one attached hydrogen (secondary N) is 4. The first kappa shape index (κ1) is 46.6. The fourth-order valence-electron chi connectivity index (χ4n) is 9.42. The molecule has 0 radical (unpaired) electrons. The molecule has 2 atom stereocenters. The van der Waals surface area contributed by atoms with Crippen molar-refractivity contribution < 1.29 is 43.0 Å². The number of aromatic nitrogens is 4. The number of likely N-dealkylation sites (tertiary alicyclic amines) is 1. The number of fused-ring (bicyclic) bond motifs is 2. The Morgan fingerprint density at radius 2 is 1.67 bits per heavy atom. The average Bonchev–Trinajstić information content (AvgIpc) is 4.01. The van der Waals surface area contributed by atoms with Crippen LogP contribution in [0, 0.1) is 0 Å². The third-order valence-electron chi connectivity index (χ3n) is 13.2. The van der Waals surface area contributed by atoms with Crippen molar-refractivity contribution in [2.75, 3.05) is 42.2 Å². The number of nitrogens with zero attached hydrogens (tertiary/aromatic N) is 6. The number of cyclic esters (lactones) is 1. The van der Waals surface area contributed by atoms with E-state index in [1.54, 1.807) is 36.5 Å². The highest BCUT2D eigenvalue weighted by Crippen LogP contribution is 2.39. The van der Waals surface area contributed by atoms with Crippen LogP contribution in [-0.2, 0) is 24.7 Å². The molecule has 358 valence electrons. The fourth-order valence-corrected chi connectivity index (χ4v) is 9.42. The highest BCUT2D eigenvalue weighted by Gasteiger charge is 2.46. The summed E-state index contributed by atoms with van der Waals surface area (Å²) in [6.07, 6.45) is 7.88. The number of esters is 1. The van der Waals surface area contributed by atoms with Crippen LogP contribution in [0.1, 0.15) is 138 Å². The van der Waals surface area contributed by atoms with Crippen molar-refractivity contribution in [1.29, 1.82) is 0 Å². The Bertz CT molecular complexity index is 2790. The monoisotopic (exact) mass is 938 g/mol. The van der Waals surface area contributed by atoms with Crippen LogP contribution in [0.2, 0.25) is 0 Å². The molecule has 6 heterocycles. The van der Waals surface area contributed by atoms with Crippen LogP contribution in [0.15, 0.2) is 77.3 Å². The first-order valence-corrected chi connectivity index (χ1v) is 23.5. The Kier molecular flexibility index (Phi) is 13.5. The van der Waals surface area contributed by atoms with Crippen molar-refractivity contribution in [3.8, 4) is 11.5 Å². The van der Waals surface area contributed by atoms with Crippen molar-refractivity contribution >= 4 is 58.6 Å². The Balaban J connectivity index is 0.745. The van der Waals surface area contributed by atoms with Gasteiger partial charge in [-0.2, -0.15) is 4.98 Å². The highest BCUT2D eigenvalue weighted by molar-refractivity contribution is 6.25. The summed E-state index contributed by atoms with van der Waals surface area (Å²) in [4.78, 5) is 88.4. The molecule has 69 heavy (non-hydrogen) atoms. The predicted octanol–water partition coefficient (Wildman–Crippen LogP) is 6.38. The minimum Gasteiger partial charge on any atom is -0.451 e. The van der Waals surface area contributed by atoms with E-state index in [9.17, 15) is 33.9 Å². The highest BCUT2D eigenvalue weighted by atomic mass is 16.6. The number of amides is 5. The Labute approximate surface area is 397 Å². The largest absolute Gasteiger partial charge is 0.451 e. The molecule has 5 amide bonds. The molecule has 19 nitrogen and oxygen atoms in total. The molecule has 2 saturated heterocycles. The fraction of sp³-hybridized carbons (Fsp3) is 0.400. The molecule has 0 saturated carbocycles. The topological polar surface area (TPSA) is 251 Å². The third kappa shape index (κ3) is 9.90. The van der Waals surface area contributed by atoms with E-state index in [0.29, 0.717) is 73.1 Å². The van der Waals surface area contributed by atoms with Gasteiger partial charge in [0.25, 0.3) is 17.7 Å². The number of hydrogen-bond acceptors (Lipinski definition) is 16. The van der Waals surface area contributed by atoms with E-state index >= 15 is 0 Å². The van der Waals surface area contributed by atoms with Gasteiger partial charge in [-0.3, -0.25) is 34.2 Å². The molecule has 2 aromatic heterocycles. The van der Waals surface area contributed by atoms with Crippen molar-refractivity contribution in [1.82, 2.24) is 35.3 Å². The number of aliphatic hydroxyl groups is 1. The number of imide groups is 2. The zero-order valence-corrected chi connectivity index (χ0v) is 38.5. The van der Waals surface area contributed by atoms with Gasteiger partial charge in [-0.15, -0.1) is 10.2 Å². The molecule has 9 rings (SSSR count). The molecule has 2 fully saturated rings. The van der Waals surface area contributed by atoms with Crippen LogP contribution in [-0.4, -0.2) is 103 Å². The maximum absolute atomic E-state index is 13.4. The molecule has 19 heteroatoms. The quantitative estimate of drug-likeness (QED) is 0.0363. The summed E-state index contributed by atoms with van der Waals surface area (Å²) in [6.45, 7) is 5.17. The normalized spacial score (nSPS) is 18.1. The minimum absolute atomic E-state index is 0.0450. The Hall–Kier alpha value is -7.54. The van der Waals surface area contributed by atoms with E-state index in [1.807, 2.05) is 55.1 Å². The molecule has 0 spiro atoms. The standard InChI is InChI=1S/C50H54N10O9/c1-50(2)35-26-31(17-18-32(35)48(67)69-50)53-49-52-27-34(42(56-49)54-37(28-61)29-12-7-6-8-13-29)45-58-57-44(68-45)30-21-24-59(25-22-30)40(63)16-9-4-3-5-10-23-51-36-15-11-14-33-41(36)47(66)60(46(33)65)38-19-20-39(62)55-43(38)64/h6-8,11-15,17-18,26-27,30,37-38,51,61H,3-5,9-10,16,19-25,28H2,1-2H3,(H,55,62,64)(H2,52,53,54,56)/t37-,38?/m1/s1. The first-order valence-electron chi connectivity index (χ1n) is 23.5. The SMILES string of the molecule is CC1(C)OC(=O)c2ccc(Nc3ncc(-c4nnc(C5CCN(C(=O)CCCCCCCNc6cccc7c6C(=O)N(C6CCC(=O)NC6=O)C7=O)CC5)o4)c(N[C@H](CO)c4ccccc4)n3)cc21. The number of rotatable bonds is 18. The van der Waals surface area contributed by atoms with Crippen LogP contribution in [0.4, 0.5) is 23.1 Å². The lowest BCUT2D eigenvalue weighted by molar-refractivity contribution is -0.136. The van der Waals surface area contributed by atoms with Gasteiger partial charge in [0.2, 0.25) is 29.6 Å². The van der Waals surface area contributed by atoms with Gasteiger partial charge < -0.3 is 35.1 Å². The van der Waals surface area contributed by atoms with Gasteiger partial charge in [0.15, 0.2) is 0 Å². The van der Waals surface area contributed by atoms with Crippen molar-refractivity contribution in [2.45, 2.75) is 102 Å². The lowest BCUT2D eigenvalue weighted by Gasteiger charge is -2.30. The maximum atomic E-state index is 13.4. The van der Waals surface area contributed by atoms with Gasteiger partial charge in [-0.25, -0.2) is 9.78 Å². The summed E-state index contributed by atoms with van der Waals surface area (Å²) in [7, 11) is 0. The molecule has 5 aromatic rings. The maximum Gasteiger partial charge on any atom is 0.339 e. The number of benzene rings is 3. The minimum atomic E-state index is -1.01. The number of hydrogen-bond donors (Lipinski definition) is 5. The number of unbranched alkanes of at least 4 members (excludes halogenated alkanes) is 4. The summed E-state index contributed by atoms with van der Waals surface area (Å²) in [5.74, 6) is -1.14. The number of carbonyl (C=O) groups is 6. The smallest absolute Gasteiger partial charge is 0.339 e. The Morgan fingerprint density at radius 3 is 2.45 bits per heavy atom. The summed E-state index contributed by atoms with van der Waals surface area (Å²) in [6, 6.07) is 18.3. The van der Waals surface area contributed by atoms with Crippen molar-refractivity contribution in [2.24, 2.45) is 0 Å². The molecular formula is C50H54N10O9. The number of anilines is 4. The second kappa shape index (κ2) is 20.0. The summed E-state index contributed by atoms with van der Waals surface area (Å²) < 4.78 is 11.8. The van der Waals surface area contributed by atoms with Crippen LogP contribution < -0.4 is 21.3 Å². The second-order valence-electron chi connectivity index (χ2n) is 18.3. The van der Waals surface area contributed by atoms with Crippen LogP contribution in [0.25, 0.3) is 11.5 Å². The number of ether oxygens (including phenoxy) is 1. The molecular weight excluding hydrogens is 885 g/mol. The molecule has 5 N–H and O–H groups in total. The molecule has 3 aromatic carbocycles. The van der Waals surface area contributed by atoms with Crippen LogP contribution in [0.3, 0.4) is 0 Å². The average molecular weight is 939 g/mol. The number of carbonyl (C=O) groups excluding carboxylic acids is 6. The Morgan fingerprint density at radius 1 is 0.884 bits per heavy atom. The van der Waals surface area contributed by atoms with E-state index in [-0.39, 0.29) is 60.2 Å². The lowest BCUT2D eigenvalue weighted by Crippen LogP contribution is -2.54. The van der Waals surface area contributed by atoms with E-state index in [2.05, 4.69) is 36.4 Å². The van der Waals surface area contributed by atoms with E-state index < -0.39 is 41.3 Å². The van der Waals surface area contributed by atoms with Gasteiger partial charge in [-0.05, 0) is 81.8 Å². The summed E-state index contributed by atoms with van der Waals surface area (Å²) in [5, 5.41) is 31.3. The van der Waals surface area contributed by atoms with Gasteiger partial charge in [0, 0.05) is 61.5 Å². The molecule has 0 aliphatic carbocycles. The predicted molar refractivity (Wildman–Crippen MR) is 251 cm³/mol. The zero-order chi connectivity index (χ0) is 48.2. The number of piperidine rings is 2. The second-order valence-corrected chi connectivity index (χ2v) is 18.3. The van der Waals surface area contributed by atoms with Crippen LogP contribution in [0.5, 0.6) is 0 Å². The van der Waals surface area contributed by atoms with Gasteiger partial charge in [0.1, 0.15) is 17.5 Å². The molecule has 1 unspecified atom stereocenters. The van der Waals surface area contributed by atoms with E-state index in [1.165, 1.54) is 0 Å². The van der Waals surface area contributed by atoms with Gasteiger partial charge in [-0.1, -0.05) is 55.7 Å². The van der Waals surface area contributed by atoms with E-state index in [4.69, 9.17) is 14.1 Å². The summed E-state index contributed by atoms with van der Waals surface area (Å²) >= 11 is 0. The van der Waals surface area contributed by atoms with Crippen molar-refractivity contribution in [3.05, 3.63) is 107 Å². The van der Waals surface area contributed by atoms with Crippen molar-refractivity contribution in [3.63, 3.8) is 0 Å². The molecule has 0 bridgehead atoms. The zero-order valence-electron chi connectivity index (χ0n) is 38.5.